The molecule has 0 radical (unpaired) electrons. The van der Waals surface area contributed by atoms with E-state index in [9.17, 15) is 14.9 Å². The van der Waals surface area contributed by atoms with Crippen molar-refractivity contribution in [3.63, 3.8) is 0 Å². The van der Waals surface area contributed by atoms with E-state index in [1.165, 1.54) is 19.2 Å². The Morgan fingerprint density at radius 1 is 1.45 bits per heavy atom. The molecule has 0 atom stereocenters. The number of nitro groups is 1. The van der Waals surface area contributed by atoms with Crippen LogP contribution in [0.4, 0.5) is 11.5 Å². The van der Waals surface area contributed by atoms with E-state index in [1.807, 2.05) is 20.8 Å². The number of esters is 1. The molecule has 1 aromatic heterocycles. The molecule has 0 spiro atoms. The molecule has 0 unspecified atom stereocenters. The molecule has 1 heterocycles. The molecule has 20 heavy (non-hydrogen) atoms. The van der Waals surface area contributed by atoms with Crippen LogP contribution in [0.3, 0.4) is 0 Å². The number of anilines is 1. The number of rotatable bonds is 4. The zero-order valence-electron chi connectivity index (χ0n) is 12.3. The van der Waals surface area contributed by atoms with Crippen molar-refractivity contribution in [2.45, 2.75) is 20.8 Å². The lowest BCUT2D eigenvalue weighted by Crippen LogP contribution is -2.30. The fourth-order valence-corrected chi connectivity index (χ4v) is 1.87. The molecule has 0 N–H and O–H groups in total. The van der Waals surface area contributed by atoms with Crippen LogP contribution in [0.2, 0.25) is 0 Å². The molecule has 0 aliphatic heterocycles. The Labute approximate surface area is 117 Å². The molecular weight excluding hydrogens is 262 g/mol. The number of pyridine rings is 1. The molecule has 110 valence electrons. The maximum absolute atomic E-state index is 11.5. The average Bonchev–Trinajstić information content (AvgIpc) is 2.34. The summed E-state index contributed by atoms with van der Waals surface area (Å²) in [5, 5.41) is 11.1. The van der Waals surface area contributed by atoms with Gasteiger partial charge in [-0.15, -0.1) is 0 Å². The predicted molar refractivity (Wildman–Crippen MR) is 75.0 cm³/mol. The minimum absolute atomic E-state index is 0.0499. The largest absolute Gasteiger partial charge is 0.464 e. The van der Waals surface area contributed by atoms with Crippen LogP contribution in [0.5, 0.6) is 0 Å². The highest BCUT2D eigenvalue weighted by molar-refractivity contribution is 5.88. The molecule has 0 amide bonds. The SMILES string of the molecule is COC(=O)c1ccc([N+](=O)[O-])c(N(C)CC(C)(C)C)n1. The van der Waals surface area contributed by atoms with Gasteiger partial charge >= 0.3 is 11.7 Å². The van der Waals surface area contributed by atoms with Crippen LogP contribution < -0.4 is 4.90 Å². The van der Waals surface area contributed by atoms with E-state index < -0.39 is 10.9 Å². The molecule has 0 aromatic carbocycles. The summed E-state index contributed by atoms with van der Waals surface area (Å²) in [6.45, 7) is 6.60. The lowest BCUT2D eigenvalue weighted by Gasteiger charge is -2.27. The first kappa shape index (κ1) is 15.9. The summed E-state index contributed by atoms with van der Waals surface area (Å²) in [5.41, 5.74) is -0.149. The maximum atomic E-state index is 11.5. The van der Waals surface area contributed by atoms with E-state index in [2.05, 4.69) is 9.72 Å². The van der Waals surface area contributed by atoms with Crippen molar-refractivity contribution < 1.29 is 14.5 Å². The number of methoxy groups -OCH3 is 1. The van der Waals surface area contributed by atoms with Gasteiger partial charge < -0.3 is 9.64 Å². The molecule has 0 fully saturated rings. The van der Waals surface area contributed by atoms with Crippen molar-refractivity contribution in [2.75, 3.05) is 25.6 Å². The van der Waals surface area contributed by atoms with Crippen LogP contribution in [0, 0.1) is 15.5 Å². The first-order chi connectivity index (χ1) is 9.15. The van der Waals surface area contributed by atoms with Crippen molar-refractivity contribution in [1.29, 1.82) is 0 Å². The summed E-state index contributed by atoms with van der Waals surface area (Å²) in [6, 6.07) is 2.56. The van der Waals surface area contributed by atoms with E-state index in [1.54, 1.807) is 11.9 Å². The summed E-state index contributed by atoms with van der Waals surface area (Å²) >= 11 is 0. The second-order valence-corrected chi connectivity index (χ2v) is 5.70. The first-order valence-corrected chi connectivity index (χ1v) is 6.10. The van der Waals surface area contributed by atoms with E-state index >= 15 is 0 Å². The fraction of sp³-hybridized carbons (Fsp3) is 0.538. The maximum Gasteiger partial charge on any atom is 0.356 e. The molecule has 0 aliphatic carbocycles. The Balaban J connectivity index is 3.25. The summed E-state index contributed by atoms with van der Waals surface area (Å²) < 4.78 is 4.58. The highest BCUT2D eigenvalue weighted by Crippen LogP contribution is 2.28. The molecular formula is C13H19N3O4. The molecule has 7 heteroatoms. The zero-order valence-corrected chi connectivity index (χ0v) is 12.3. The lowest BCUT2D eigenvalue weighted by atomic mass is 9.96. The highest BCUT2D eigenvalue weighted by Gasteiger charge is 2.24. The smallest absolute Gasteiger partial charge is 0.356 e. The Hall–Kier alpha value is -2.18. The van der Waals surface area contributed by atoms with Crippen molar-refractivity contribution in [3.8, 4) is 0 Å². The third-order valence-corrected chi connectivity index (χ3v) is 2.52. The first-order valence-electron chi connectivity index (χ1n) is 6.10. The van der Waals surface area contributed by atoms with Gasteiger partial charge in [0.15, 0.2) is 5.69 Å². The Kier molecular flexibility index (Phi) is 4.65. The van der Waals surface area contributed by atoms with E-state index in [0.717, 1.165) is 0 Å². The molecule has 0 saturated carbocycles. The van der Waals surface area contributed by atoms with Crippen LogP contribution in [0.25, 0.3) is 0 Å². The number of carbonyl (C=O) groups is 1. The minimum atomic E-state index is -0.620. The number of carbonyl (C=O) groups excluding carboxylic acids is 1. The van der Waals surface area contributed by atoms with E-state index in [4.69, 9.17) is 0 Å². The minimum Gasteiger partial charge on any atom is -0.464 e. The number of hydrogen-bond acceptors (Lipinski definition) is 6. The van der Waals surface area contributed by atoms with Gasteiger partial charge in [-0.25, -0.2) is 9.78 Å². The zero-order chi connectivity index (χ0) is 15.5. The fourth-order valence-electron chi connectivity index (χ4n) is 1.87. The molecule has 1 aromatic rings. The van der Waals surface area contributed by atoms with E-state index in [-0.39, 0.29) is 22.6 Å². The van der Waals surface area contributed by atoms with Crippen molar-refractivity contribution >= 4 is 17.5 Å². The van der Waals surface area contributed by atoms with Gasteiger partial charge in [-0.3, -0.25) is 10.1 Å². The molecule has 0 aliphatic rings. The van der Waals surface area contributed by atoms with Gasteiger partial charge in [0.1, 0.15) is 0 Å². The molecule has 0 saturated heterocycles. The van der Waals surface area contributed by atoms with Crippen LogP contribution in [-0.2, 0) is 4.74 Å². The average molecular weight is 281 g/mol. The second kappa shape index (κ2) is 5.85. The van der Waals surface area contributed by atoms with Gasteiger partial charge in [0.2, 0.25) is 5.82 Å². The van der Waals surface area contributed by atoms with Gasteiger partial charge in [-0.1, -0.05) is 20.8 Å². The standard InChI is InChI=1S/C13H19N3O4/c1-13(2,3)8-15(4)11-10(16(18)19)7-6-9(14-11)12(17)20-5/h6-7H,8H2,1-5H3. The van der Waals surface area contributed by atoms with E-state index in [0.29, 0.717) is 6.54 Å². The van der Waals surface area contributed by atoms with Gasteiger partial charge in [-0.2, -0.15) is 0 Å². The van der Waals surface area contributed by atoms with Gasteiger partial charge in [-0.05, 0) is 11.5 Å². The summed E-state index contributed by atoms with van der Waals surface area (Å²) in [7, 11) is 2.95. The Morgan fingerprint density at radius 3 is 2.50 bits per heavy atom. The normalized spacial score (nSPS) is 11.1. The number of ether oxygens (including phenoxy) is 1. The highest BCUT2D eigenvalue weighted by atomic mass is 16.6. The number of nitrogens with zero attached hydrogens (tertiary/aromatic N) is 3. The molecule has 1 rings (SSSR count). The van der Waals surface area contributed by atoms with Crippen LogP contribution >= 0.6 is 0 Å². The van der Waals surface area contributed by atoms with Crippen LogP contribution in [0.15, 0.2) is 12.1 Å². The summed E-state index contributed by atoms with van der Waals surface area (Å²) in [6.07, 6.45) is 0. The van der Waals surface area contributed by atoms with Crippen LogP contribution in [0.1, 0.15) is 31.3 Å². The van der Waals surface area contributed by atoms with Gasteiger partial charge in [0.05, 0.1) is 12.0 Å². The summed E-state index contributed by atoms with van der Waals surface area (Å²) in [4.78, 5) is 27.8. The second-order valence-electron chi connectivity index (χ2n) is 5.70. The van der Waals surface area contributed by atoms with Crippen LogP contribution in [-0.4, -0.2) is 36.6 Å². The summed E-state index contributed by atoms with van der Waals surface area (Å²) in [5.74, 6) is -0.460. The quantitative estimate of drug-likeness (QED) is 0.478. The number of hydrogen-bond donors (Lipinski definition) is 0. The Morgan fingerprint density at radius 2 is 2.05 bits per heavy atom. The number of aromatic nitrogens is 1. The van der Waals surface area contributed by atoms with Gasteiger partial charge in [0, 0.05) is 19.7 Å². The molecule has 0 bridgehead atoms. The van der Waals surface area contributed by atoms with Crippen molar-refractivity contribution in [1.82, 2.24) is 4.98 Å². The monoisotopic (exact) mass is 281 g/mol. The lowest BCUT2D eigenvalue weighted by molar-refractivity contribution is -0.384. The third kappa shape index (κ3) is 3.91. The van der Waals surface area contributed by atoms with Crippen molar-refractivity contribution in [3.05, 3.63) is 27.9 Å². The Bertz CT molecular complexity index is 523. The third-order valence-electron chi connectivity index (χ3n) is 2.52. The van der Waals surface area contributed by atoms with Crippen molar-refractivity contribution in [2.24, 2.45) is 5.41 Å². The topological polar surface area (TPSA) is 85.6 Å². The van der Waals surface area contributed by atoms with Gasteiger partial charge in [0.25, 0.3) is 0 Å². The predicted octanol–water partition coefficient (Wildman–Crippen LogP) is 2.26. The molecule has 7 nitrogen and oxygen atoms in total.